The lowest BCUT2D eigenvalue weighted by Crippen LogP contribution is -2.46. The van der Waals surface area contributed by atoms with Crippen molar-refractivity contribution in [1.29, 1.82) is 0 Å². The van der Waals surface area contributed by atoms with Gasteiger partial charge in [-0.1, -0.05) is 29.3 Å². The van der Waals surface area contributed by atoms with E-state index in [1.54, 1.807) is 17.0 Å². The van der Waals surface area contributed by atoms with Gasteiger partial charge in [-0.2, -0.15) is 0 Å². The highest BCUT2D eigenvalue weighted by atomic mass is 19.1. The summed E-state index contributed by atoms with van der Waals surface area (Å²) >= 11 is 0. The Hall–Kier alpha value is -2.69. The SMILES string of the molecule is Cc1cc(C)cc(C(=O)NC2CCN(C(=O)c3ccccc3F)CC2)c1. The summed E-state index contributed by atoms with van der Waals surface area (Å²) in [6.45, 7) is 4.95. The third kappa shape index (κ3) is 4.10. The standard InChI is InChI=1S/C21H23FN2O2/c1-14-11-15(2)13-16(12-14)20(25)23-17-7-9-24(10-8-17)21(26)18-5-3-4-6-19(18)22/h3-6,11-13,17H,7-10H2,1-2H3,(H,23,25). The second kappa shape index (κ2) is 7.68. The van der Waals surface area contributed by atoms with Crippen molar-refractivity contribution in [2.24, 2.45) is 0 Å². The molecule has 0 atom stereocenters. The Morgan fingerprint density at radius 3 is 2.27 bits per heavy atom. The molecule has 1 aliphatic heterocycles. The molecule has 1 fully saturated rings. The molecule has 3 rings (SSSR count). The Morgan fingerprint density at radius 2 is 1.65 bits per heavy atom. The number of hydrogen-bond acceptors (Lipinski definition) is 2. The number of rotatable bonds is 3. The minimum absolute atomic E-state index is 0.0213. The van der Waals surface area contributed by atoms with Crippen LogP contribution in [0.3, 0.4) is 0 Å². The predicted octanol–water partition coefficient (Wildman–Crippen LogP) is 3.48. The molecule has 0 aromatic heterocycles. The number of amides is 2. The first-order chi connectivity index (χ1) is 12.4. The van der Waals surface area contributed by atoms with Crippen molar-refractivity contribution >= 4 is 11.8 Å². The number of nitrogens with zero attached hydrogens (tertiary/aromatic N) is 1. The van der Waals surface area contributed by atoms with Gasteiger partial charge in [-0.15, -0.1) is 0 Å². The zero-order valence-corrected chi connectivity index (χ0v) is 15.1. The zero-order chi connectivity index (χ0) is 18.7. The molecule has 1 aliphatic rings. The third-order valence-electron chi connectivity index (χ3n) is 4.71. The number of carbonyl (C=O) groups is 2. The van der Waals surface area contributed by atoms with Gasteiger partial charge in [0, 0.05) is 24.7 Å². The monoisotopic (exact) mass is 354 g/mol. The molecule has 0 unspecified atom stereocenters. The maximum atomic E-state index is 13.8. The van der Waals surface area contributed by atoms with Gasteiger partial charge in [-0.3, -0.25) is 9.59 Å². The molecule has 0 spiro atoms. The number of likely N-dealkylation sites (tertiary alicyclic amines) is 1. The van der Waals surface area contributed by atoms with E-state index in [-0.39, 0.29) is 23.4 Å². The zero-order valence-electron chi connectivity index (χ0n) is 15.1. The Kier molecular flexibility index (Phi) is 5.35. The summed E-state index contributed by atoms with van der Waals surface area (Å²) in [6.07, 6.45) is 1.33. The van der Waals surface area contributed by atoms with Crippen LogP contribution in [0.5, 0.6) is 0 Å². The molecule has 1 heterocycles. The van der Waals surface area contributed by atoms with E-state index in [1.807, 2.05) is 32.0 Å². The van der Waals surface area contributed by atoms with E-state index in [0.29, 0.717) is 31.5 Å². The average Bonchev–Trinajstić information content (AvgIpc) is 2.61. The topological polar surface area (TPSA) is 49.4 Å². The van der Waals surface area contributed by atoms with Crippen molar-refractivity contribution < 1.29 is 14.0 Å². The molecule has 1 N–H and O–H groups in total. The lowest BCUT2D eigenvalue weighted by molar-refractivity contribution is 0.0693. The lowest BCUT2D eigenvalue weighted by Gasteiger charge is -2.32. The number of piperidine rings is 1. The minimum Gasteiger partial charge on any atom is -0.349 e. The Balaban J connectivity index is 1.58. The van der Waals surface area contributed by atoms with Gasteiger partial charge in [0.05, 0.1) is 5.56 Å². The first-order valence-electron chi connectivity index (χ1n) is 8.87. The van der Waals surface area contributed by atoms with Gasteiger partial charge in [0.2, 0.25) is 0 Å². The predicted molar refractivity (Wildman–Crippen MR) is 98.7 cm³/mol. The van der Waals surface area contributed by atoms with Crippen LogP contribution in [0.2, 0.25) is 0 Å². The quantitative estimate of drug-likeness (QED) is 0.917. The summed E-state index contributed by atoms with van der Waals surface area (Å²) in [5.41, 5.74) is 2.87. The highest BCUT2D eigenvalue weighted by Gasteiger charge is 2.26. The van der Waals surface area contributed by atoms with E-state index in [4.69, 9.17) is 0 Å². The fraction of sp³-hybridized carbons (Fsp3) is 0.333. The number of aryl methyl sites for hydroxylation is 2. The molecule has 5 heteroatoms. The first kappa shape index (κ1) is 18.1. The molecule has 0 bridgehead atoms. The van der Waals surface area contributed by atoms with Crippen LogP contribution in [0.25, 0.3) is 0 Å². The Morgan fingerprint density at radius 1 is 1.04 bits per heavy atom. The summed E-state index contributed by atoms with van der Waals surface area (Å²) in [5.74, 6) is -0.874. The summed E-state index contributed by atoms with van der Waals surface area (Å²) < 4.78 is 13.8. The summed E-state index contributed by atoms with van der Waals surface area (Å²) in [4.78, 5) is 26.6. The molecular formula is C21H23FN2O2. The van der Waals surface area contributed by atoms with Gasteiger partial charge in [0.25, 0.3) is 11.8 Å². The molecule has 2 aromatic carbocycles. The van der Waals surface area contributed by atoms with Crippen molar-refractivity contribution in [2.75, 3.05) is 13.1 Å². The molecule has 0 saturated carbocycles. The van der Waals surface area contributed by atoms with Crippen molar-refractivity contribution in [3.8, 4) is 0 Å². The Labute approximate surface area is 153 Å². The van der Waals surface area contributed by atoms with E-state index in [9.17, 15) is 14.0 Å². The molecule has 26 heavy (non-hydrogen) atoms. The summed E-state index contributed by atoms with van der Waals surface area (Å²) in [5, 5.41) is 3.05. The van der Waals surface area contributed by atoms with Crippen LogP contribution in [0.15, 0.2) is 42.5 Å². The van der Waals surface area contributed by atoms with Crippen LogP contribution < -0.4 is 5.32 Å². The van der Waals surface area contributed by atoms with Crippen LogP contribution in [-0.4, -0.2) is 35.8 Å². The number of benzene rings is 2. The van der Waals surface area contributed by atoms with Crippen molar-refractivity contribution in [2.45, 2.75) is 32.7 Å². The lowest BCUT2D eigenvalue weighted by atomic mass is 10.0. The van der Waals surface area contributed by atoms with Crippen molar-refractivity contribution in [3.63, 3.8) is 0 Å². The van der Waals surface area contributed by atoms with Crippen molar-refractivity contribution in [1.82, 2.24) is 10.2 Å². The van der Waals surface area contributed by atoms with Crippen LogP contribution in [0.4, 0.5) is 4.39 Å². The fourth-order valence-electron chi connectivity index (χ4n) is 3.41. The molecule has 2 amide bonds. The molecule has 2 aromatic rings. The van der Waals surface area contributed by atoms with Crippen LogP contribution >= 0.6 is 0 Å². The molecule has 0 radical (unpaired) electrons. The summed E-state index contributed by atoms with van der Waals surface area (Å²) in [7, 11) is 0. The highest BCUT2D eigenvalue weighted by molar-refractivity contribution is 5.95. The molecular weight excluding hydrogens is 331 g/mol. The number of hydrogen-bond donors (Lipinski definition) is 1. The molecule has 4 nitrogen and oxygen atoms in total. The smallest absolute Gasteiger partial charge is 0.256 e. The molecule has 1 saturated heterocycles. The van der Waals surface area contributed by atoms with E-state index in [1.165, 1.54) is 12.1 Å². The minimum atomic E-state index is -0.497. The highest BCUT2D eigenvalue weighted by Crippen LogP contribution is 2.17. The van der Waals surface area contributed by atoms with Gasteiger partial charge in [-0.05, 0) is 51.0 Å². The molecule has 0 aliphatic carbocycles. The largest absolute Gasteiger partial charge is 0.349 e. The average molecular weight is 354 g/mol. The van der Waals surface area contributed by atoms with E-state index < -0.39 is 5.82 Å². The maximum absolute atomic E-state index is 13.8. The molecule has 136 valence electrons. The summed E-state index contributed by atoms with van der Waals surface area (Å²) in [6, 6.07) is 11.8. The normalized spacial score (nSPS) is 15.0. The third-order valence-corrected chi connectivity index (χ3v) is 4.71. The first-order valence-corrected chi connectivity index (χ1v) is 8.87. The van der Waals surface area contributed by atoms with Gasteiger partial charge in [0.15, 0.2) is 0 Å². The number of nitrogens with one attached hydrogen (secondary N) is 1. The van der Waals surface area contributed by atoms with Crippen LogP contribution in [0, 0.1) is 19.7 Å². The van der Waals surface area contributed by atoms with E-state index in [2.05, 4.69) is 5.32 Å². The van der Waals surface area contributed by atoms with E-state index in [0.717, 1.165) is 11.1 Å². The van der Waals surface area contributed by atoms with Gasteiger partial charge < -0.3 is 10.2 Å². The van der Waals surface area contributed by atoms with Crippen LogP contribution in [0.1, 0.15) is 44.7 Å². The Bertz CT molecular complexity index is 806. The van der Waals surface area contributed by atoms with Gasteiger partial charge in [0.1, 0.15) is 5.82 Å². The second-order valence-corrected chi connectivity index (χ2v) is 6.90. The number of carbonyl (C=O) groups excluding carboxylic acids is 2. The van der Waals surface area contributed by atoms with Crippen molar-refractivity contribution in [3.05, 3.63) is 70.5 Å². The fourth-order valence-corrected chi connectivity index (χ4v) is 3.41. The maximum Gasteiger partial charge on any atom is 0.256 e. The second-order valence-electron chi connectivity index (χ2n) is 6.90. The van der Waals surface area contributed by atoms with Gasteiger partial charge >= 0.3 is 0 Å². The van der Waals surface area contributed by atoms with Gasteiger partial charge in [-0.25, -0.2) is 4.39 Å². The van der Waals surface area contributed by atoms with Crippen LogP contribution in [-0.2, 0) is 0 Å². The number of halogens is 1. The van der Waals surface area contributed by atoms with E-state index >= 15 is 0 Å².